The van der Waals surface area contributed by atoms with Gasteiger partial charge < -0.3 is 9.72 Å². The molecule has 0 saturated carbocycles. The molecular weight excluding hydrogens is 354 g/mol. The van der Waals surface area contributed by atoms with Crippen molar-refractivity contribution < 1.29 is 0 Å². The Hall–Kier alpha value is -2.47. The number of hydrogen-bond donors (Lipinski definition) is 1. The van der Waals surface area contributed by atoms with Gasteiger partial charge >= 0.3 is 0 Å². The molecule has 0 bridgehead atoms. The Morgan fingerprint density at radius 3 is 2.61 bits per heavy atom. The highest BCUT2D eigenvalue weighted by molar-refractivity contribution is 9.10. The molecule has 0 spiro atoms. The van der Waals surface area contributed by atoms with Crippen LogP contribution in [0.2, 0.25) is 0 Å². The van der Waals surface area contributed by atoms with E-state index in [9.17, 15) is 0 Å². The number of aryl methyl sites for hydroxylation is 1. The molecule has 0 aliphatic heterocycles. The molecule has 3 heterocycles. The Labute approximate surface area is 141 Å². The summed E-state index contributed by atoms with van der Waals surface area (Å²) in [5, 5.41) is 3.34. The lowest BCUT2D eigenvalue weighted by Gasteiger charge is -2.08. The van der Waals surface area contributed by atoms with E-state index in [0.29, 0.717) is 6.54 Å². The first-order valence-corrected chi connectivity index (χ1v) is 8.09. The topological polar surface area (TPSA) is 55.1 Å². The summed E-state index contributed by atoms with van der Waals surface area (Å²) >= 11 is 3.47. The summed E-state index contributed by atoms with van der Waals surface area (Å²) in [5.74, 6) is 0.793. The summed E-state index contributed by atoms with van der Waals surface area (Å²) in [6, 6.07) is 11.8. The minimum absolute atomic E-state index is 0.604. The number of benzene rings is 1. The van der Waals surface area contributed by atoms with Crippen LogP contribution in [0.5, 0.6) is 0 Å². The van der Waals surface area contributed by atoms with Gasteiger partial charge in [-0.1, -0.05) is 12.1 Å². The summed E-state index contributed by atoms with van der Waals surface area (Å²) < 4.78 is 3.03. The van der Waals surface area contributed by atoms with E-state index < -0.39 is 0 Å². The SMILES string of the molecule is Cc1nc2ccccc2nc1NCc1cn2cc(Br)ccc2n1. The van der Waals surface area contributed by atoms with Crippen LogP contribution in [-0.4, -0.2) is 19.4 Å². The van der Waals surface area contributed by atoms with Crippen LogP contribution in [0.15, 0.2) is 53.3 Å². The third-order valence-corrected chi connectivity index (χ3v) is 4.12. The van der Waals surface area contributed by atoms with Crippen LogP contribution >= 0.6 is 15.9 Å². The summed E-state index contributed by atoms with van der Waals surface area (Å²) in [7, 11) is 0. The molecule has 0 radical (unpaired) electrons. The van der Waals surface area contributed by atoms with E-state index >= 15 is 0 Å². The fourth-order valence-corrected chi connectivity index (χ4v) is 2.89. The van der Waals surface area contributed by atoms with Crippen LogP contribution in [0, 0.1) is 6.92 Å². The van der Waals surface area contributed by atoms with Gasteiger partial charge in [-0.15, -0.1) is 0 Å². The summed E-state index contributed by atoms with van der Waals surface area (Å²) in [4.78, 5) is 13.8. The van der Waals surface area contributed by atoms with Gasteiger partial charge in [0.2, 0.25) is 0 Å². The molecule has 0 aliphatic carbocycles. The molecule has 0 aliphatic rings. The lowest BCUT2D eigenvalue weighted by atomic mass is 10.3. The van der Waals surface area contributed by atoms with Gasteiger partial charge in [0.05, 0.1) is 29.0 Å². The molecular formula is C17H14BrN5. The normalized spacial score (nSPS) is 11.2. The number of rotatable bonds is 3. The first kappa shape index (κ1) is 14.1. The highest BCUT2D eigenvalue weighted by Crippen LogP contribution is 2.17. The van der Waals surface area contributed by atoms with Crippen LogP contribution in [0.4, 0.5) is 5.82 Å². The molecule has 3 aromatic heterocycles. The second kappa shape index (κ2) is 5.62. The Balaban J connectivity index is 1.61. The van der Waals surface area contributed by atoms with E-state index in [-0.39, 0.29) is 0 Å². The number of aromatic nitrogens is 4. The summed E-state index contributed by atoms with van der Waals surface area (Å²) in [5.41, 5.74) is 4.56. The van der Waals surface area contributed by atoms with Gasteiger partial charge in [-0.25, -0.2) is 15.0 Å². The molecule has 4 aromatic rings. The summed E-state index contributed by atoms with van der Waals surface area (Å²) in [6.07, 6.45) is 4.00. The second-order valence-corrected chi connectivity index (χ2v) is 6.26. The monoisotopic (exact) mass is 367 g/mol. The molecule has 0 unspecified atom stereocenters. The predicted octanol–water partition coefficient (Wildman–Crippen LogP) is 3.96. The maximum absolute atomic E-state index is 4.64. The molecule has 23 heavy (non-hydrogen) atoms. The highest BCUT2D eigenvalue weighted by atomic mass is 79.9. The van der Waals surface area contributed by atoms with Crippen LogP contribution in [0.1, 0.15) is 11.4 Å². The quantitative estimate of drug-likeness (QED) is 0.595. The van der Waals surface area contributed by atoms with Crippen molar-refractivity contribution in [3.05, 3.63) is 64.7 Å². The molecule has 1 aromatic carbocycles. The molecule has 114 valence electrons. The van der Waals surface area contributed by atoms with E-state index in [2.05, 4.69) is 36.2 Å². The van der Waals surface area contributed by atoms with Crippen molar-refractivity contribution in [2.75, 3.05) is 5.32 Å². The number of halogens is 1. The maximum Gasteiger partial charge on any atom is 0.148 e. The van der Waals surface area contributed by atoms with Crippen molar-refractivity contribution in [1.29, 1.82) is 0 Å². The third kappa shape index (κ3) is 2.77. The fourth-order valence-electron chi connectivity index (χ4n) is 2.53. The van der Waals surface area contributed by atoms with Gasteiger partial charge in [0.25, 0.3) is 0 Å². The van der Waals surface area contributed by atoms with Crippen LogP contribution < -0.4 is 5.32 Å². The smallest absolute Gasteiger partial charge is 0.148 e. The van der Waals surface area contributed by atoms with E-state index in [1.807, 2.05) is 60.1 Å². The molecule has 4 rings (SSSR count). The van der Waals surface area contributed by atoms with Gasteiger partial charge in [0.15, 0.2) is 0 Å². The number of anilines is 1. The molecule has 6 heteroatoms. The van der Waals surface area contributed by atoms with Crippen molar-refractivity contribution in [1.82, 2.24) is 19.4 Å². The maximum atomic E-state index is 4.64. The van der Waals surface area contributed by atoms with Crippen LogP contribution in [-0.2, 0) is 6.54 Å². The molecule has 0 amide bonds. The number of para-hydroxylation sites is 2. The zero-order valence-electron chi connectivity index (χ0n) is 12.5. The zero-order chi connectivity index (χ0) is 15.8. The molecule has 1 N–H and O–H groups in total. The zero-order valence-corrected chi connectivity index (χ0v) is 14.1. The largest absolute Gasteiger partial charge is 0.363 e. The van der Waals surface area contributed by atoms with Crippen LogP contribution in [0.25, 0.3) is 16.7 Å². The number of pyridine rings is 1. The van der Waals surface area contributed by atoms with Gasteiger partial charge in [-0.2, -0.15) is 0 Å². The van der Waals surface area contributed by atoms with Gasteiger partial charge in [-0.05, 0) is 47.1 Å². The highest BCUT2D eigenvalue weighted by Gasteiger charge is 2.06. The first-order valence-electron chi connectivity index (χ1n) is 7.29. The van der Waals surface area contributed by atoms with Gasteiger partial charge in [-0.3, -0.25) is 0 Å². The lowest BCUT2D eigenvalue weighted by Crippen LogP contribution is -2.05. The summed E-state index contributed by atoms with van der Waals surface area (Å²) in [6.45, 7) is 2.57. The van der Waals surface area contributed by atoms with E-state index in [0.717, 1.165) is 38.4 Å². The Morgan fingerprint density at radius 2 is 1.78 bits per heavy atom. The van der Waals surface area contributed by atoms with Crippen molar-refractivity contribution in [2.45, 2.75) is 13.5 Å². The van der Waals surface area contributed by atoms with Gasteiger partial charge in [0, 0.05) is 16.9 Å². The third-order valence-electron chi connectivity index (χ3n) is 3.65. The Morgan fingerprint density at radius 1 is 1.00 bits per heavy atom. The Kier molecular flexibility index (Phi) is 3.46. The standard InChI is InChI=1S/C17H14BrN5/c1-11-17(22-15-5-3-2-4-14(15)20-11)19-8-13-10-23-9-12(18)6-7-16(23)21-13/h2-7,9-10H,8H2,1H3,(H,19,22). The Bertz CT molecular complexity index is 1010. The van der Waals surface area contributed by atoms with Crippen molar-refractivity contribution in [3.63, 3.8) is 0 Å². The molecule has 0 fully saturated rings. The van der Waals surface area contributed by atoms with Crippen molar-refractivity contribution in [3.8, 4) is 0 Å². The minimum Gasteiger partial charge on any atom is -0.363 e. The molecule has 5 nitrogen and oxygen atoms in total. The lowest BCUT2D eigenvalue weighted by molar-refractivity contribution is 1.04. The average Bonchev–Trinajstić information content (AvgIpc) is 2.94. The number of nitrogens with one attached hydrogen (secondary N) is 1. The van der Waals surface area contributed by atoms with Crippen molar-refractivity contribution in [2.24, 2.45) is 0 Å². The number of hydrogen-bond acceptors (Lipinski definition) is 4. The first-order chi connectivity index (χ1) is 11.2. The number of imidazole rings is 1. The average molecular weight is 368 g/mol. The predicted molar refractivity (Wildman–Crippen MR) is 94.5 cm³/mol. The molecule has 0 atom stereocenters. The fraction of sp³-hybridized carbons (Fsp3) is 0.118. The number of fused-ring (bicyclic) bond motifs is 2. The van der Waals surface area contributed by atoms with Gasteiger partial charge in [0.1, 0.15) is 11.5 Å². The van der Waals surface area contributed by atoms with E-state index in [1.54, 1.807) is 0 Å². The van der Waals surface area contributed by atoms with E-state index in [4.69, 9.17) is 0 Å². The van der Waals surface area contributed by atoms with E-state index in [1.165, 1.54) is 0 Å². The second-order valence-electron chi connectivity index (χ2n) is 5.34. The molecule has 0 saturated heterocycles. The van der Waals surface area contributed by atoms with Crippen LogP contribution in [0.3, 0.4) is 0 Å². The van der Waals surface area contributed by atoms with Crippen molar-refractivity contribution >= 4 is 38.4 Å². The number of nitrogens with zero attached hydrogens (tertiary/aromatic N) is 4. The minimum atomic E-state index is 0.604.